The van der Waals surface area contributed by atoms with E-state index >= 15 is 0 Å². The fourth-order valence-electron chi connectivity index (χ4n) is 2.08. The predicted octanol–water partition coefficient (Wildman–Crippen LogP) is 3.78. The van der Waals surface area contributed by atoms with Crippen LogP contribution in [0.1, 0.15) is 26.7 Å². The first-order valence-corrected chi connectivity index (χ1v) is 9.90. The number of methoxy groups -OCH3 is 1. The van der Waals surface area contributed by atoms with Crippen molar-refractivity contribution in [2.75, 3.05) is 38.8 Å². The molecule has 1 atom stereocenters. The van der Waals surface area contributed by atoms with Gasteiger partial charge in [-0.1, -0.05) is 6.07 Å². The molecule has 0 heterocycles. The van der Waals surface area contributed by atoms with Crippen LogP contribution in [-0.4, -0.2) is 50.8 Å². The average Bonchev–Trinajstić information content (AvgIpc) is 2.59. The second-order valence-electron chi connectivity index (χ2n) is 5.45. The number of nitrogens with zero attached hydrogens (tertiary/aromatic N) is 1. The van der Waals surface area contributed by atoms with Crippen molar-refractivity contribution in [3.8, 4) is 11.5 Å². The number of rotatable bonds is 11. The molecule has 0 aliphatic rings. The number of guanidine groups is 1. The molecule has 5 nitrogen and oxygen atoms in total. The lowest BCUT2D eigenvalue weighted by Crippen LogP contribution is -2.38. The van der Waals surface area contributed by atoms with Crippen LogP contribution >= 0.6 is 35.7 Å². The van der Waals surface area contributed by atoms with Crippen LogP contribution in [0.15, 0.2) is 29.3 Å². The van der Waals surface area contributed by atoms with E-state index in [1.165, 1.54) is 12.2 Å². The van der Waals surface area contributed by atoms with Gasteiger partial charge in [0.2, 0.25) is 0 Å². The molecule has 0 bridgehead atoms. The highest BCUT2D eigenvalue weighted by molar-refractivity contribution is 14.0. The first kappa shape index (κ1) is 24.2. The zero-order valence-electron chi connectivity index (χ0n) is 15.7. The third-order valence-electron chi connectivity index (χ3n) is 3.30. The first-order chi connectivity index (χ1) is 11.7. The summed E-state index contributed by atoms with van der Waals surface area (Å²) in [6.45, 7) is 6.47. The number of ether oxygens (including phenoxy) is 2. The summed E-state index contributed by atoms with van der Waals surface area (Å²) >= 11 is 1.89. The molecule has 0 amide bonds. The zero-order chi connectivity index (χ0) is 17.6. The third-order valence-corrected chi connectivity index (χ3v) is 3.99. The number of aliphatic imine (C=N–C) groups is 1. The molecule has 0 saturated heterocycles. The highest BCUT2D eigenvalue weighted by Crippen LogP contribution is 2.19. The van der Waals surface area contributed by atoms with Crippen molar-refractivity contribution < 1.29 is 9.47 Å². The molecule has 1 aromatic carbocycles. The summed E-state index contributed by atoms with van der Waals surface area (Å²) < 4.78 is 11.1. The van der Waals surface area contributed by atoms with Gasteiger partial charge in [-0.05, 0) is 50.8 Å². The Morgan fingerprint density at radius 2 is 2.00 bits per heavy atom. The van der Waals surface area contributed by atoms with Gasteiger partial charge >= 0.3 is 0 Å². The Kier molecular flexibility index (Phi) is 14.9. The number of unbranched alkanes of at least 4 members (excludes halogenated alkanes) is 1. The Balaban J connectivity index is 0.00000576. The van der Waals surface area contributed by atoms with Crippen molar-refractivity contribution in [2.45, 2.75) is 32.8 Å². The molecule has 7 heteroatoms. The molecule has 2 N–H and O–H groups in total. The lowest BCUT2D eigenvalue weighted by molar-refractivity contribution is 0.229. The predicted molar refractivity (Wildman–Crippen MR) is 120 cm³/mol. The van der Waals surface area contributed by atoms with Gasteiger partial charge in [-0.3, -0.25) is 0 Å². The molecule has 1 rings (SSSR count). The topological polar surface area (TPSA) is 54.9 Å². The Labute approximate surface area is 173 Å². The minimum absolute atomic E-state index is 0. The van der Waals surface area contributed by atoms with Crippen LogP contribution in [0.3, 0.4) is 0 Å². The third kappa shape index (κ3) is 11.4. The van der Waals surface area contributed by atoms with Crippen LogP contribution in [0.5, 0.6) is 11.5 Å². The van der Waals surface area contributed by atoms with E-state index in [9.17, 15) is 0 Å². The van der Waals surface area contributed by atoms with Gasteiger partial charge in [-0.25, -0.2) is 4.99 Å². The summed E-state index contributed by atoms with van der Waals surface area (Å²) in [5.74, 6) is 3.65. The summed E-state index contributed by atoms with van der Waals surface area (Å²) in [6, 6.07) is 7.64. The van der Waals surface area contributed by atoms with E-state index in [1.54, 1.807) is 7.11 Å². The second kappa shape index (κ2) is 15.4. The lowest BCUT2D eigenvalue weighted by atomic mass is 10.3. The number of benzene rings is 1. The van der Waals surface area contributed by atoms with E-state index in [4.69, 9.17) is 9.47 Å². The Bertz CT molecular complexity index is 489. The maximum absolute atomic E-state index is 5.90. The van der Waals surface area contributed by atoms with Crippen LogP contribution in [0.2, 0.25) is 0 Å². The van der Waals surface area contributed by atoms with Crippen molar-refractivity contribution in [1.82, 2.24) is 10.6 Å². The van der Waals surface area contributed by atoms with Crippen molar-refractivity contribution >= 4 is 41.7 Å². The Hall–Kier alpha value is -0.830. The van der Waals surface area contributed by atoms with Crippen LogP contribution in [0.4, 0.5) is 0 Å². The van der Waals surface area contributed by atoms with Gasteiger partial charge in [-0.2, -0.15) is 11.8 Å². The molecular weight excluding hydrogens is 449 g/mol. The molecule has 144 valence electrons. The SMILES string of the molecule is CCNC(=NCC(C)Oc1cccc(OC)c1)NCCCCSC.I. The molecule has 0 aliphatic carbocycles. The molecule has 25 heavy (non-hydrogen) atoms. The standard InChI is InChI=1S/C18H31N3O2S.HI/c1-5-19-18(20-11-6-7-12-24-4)21-14-15(2)23-17-10-8-9-16(13-17)22-3;/h8-10,13,15H,5-7,11-12,14H2,1-4H3,(H2,19,20,21);1H. The molecule has 0 spiro atoms. The van der Waals surface area contributed by atoms with E-state index in [0.717, 1.165) is 37.0 Å². The number of hydrogen-bond acceptors (Lipinski definition) is 4. The van der Waals surface area contributed by atoms with Gasteiger partial charge in [0.25, 0.3) is 0 Å². The Morgan fingerprint density at radius 3 is 2.68 bits per heavy atom. The lowest BCUT2D eigenvalue weighted by Gasteiger charge is -2.15. The number of halogens is 1. The number of hydrogen-bond donors (Lipinski definition) is 2. The molecule has 0 radical (unpaired) electrons. The number of thioether (sulfide) groups is 1. The summed E-state index contributed by atoms with van der Waals surface area (Å²) in [4.78, 5) is 4.60. The summed E-state index contributed by atoms with van der Waals surface area (Å²) in [5.41, 5.74) is 0. The minimum atomic E-state index is -0.0101. The largest absolute Gasteiger partial charge is 0.497 e. The molecule has 0 fully saturated rings. The molecular formula is C18H32IN3O2S. The summed E-state index contributed by atoms with van der Waals surface area (Å²) in [6.07, 6.45) is 4.51. The highest BCUT2D eigenvalue weighted by atomic mass is 127. The fourth-order valence-corrected chi connectivity index (χ4v) is 2.58. The normalized spacial score (nSPS) is 12.1. The second-order valence-corrected chi connectivity index (χ2v) is 6.44. The maximum Gasteiger partial charge on any atom is 0.191 e. The van der Waals surface area contributed by atoms with Gasteiger partial charge in [0.15, 0.2) is 5.96 Å². The summed E-state index contributed by atoms with van der Waals surface area (Å²) in [7, 11) is 1.65. The van der Waals surface area contributed by atoms with E-state index in [0.29, 0.717) is 6.54 Å². The van der Waals surface area contributed by atoms with Gasteiger partial charge < -0.3 is 20.1 Å². The van der Waals surface area contributed by atoms with Crippen molar-refractivity contribution in [1.29, 1.82) is 0 Å². The van der Waals surface area contributed by atoms with E-state index < -0.39 is 0 Å². The zero-order valence-corrected chi connectivity index (χ0v) is 18.9. The van der Waals surface area contributed by atoms with Gasteiger partial charge in [-0.15, -0.1) is 24.0 Å². The summed E-state index contributed by atoms with van der Waals surface area (Å²) in [5, 5.41) is 6.64. The average molecular weight is 481 g/mol. The van der Waals surface area contributed by atoms with Gasteiger partial charge in [0.05, 0.1) is 13.7 Å². The van der Waals surface area contributed by atoms with Crippen molar-refractivity contribution in [3.05, 3.63) is 24.3 Å². The molecule has 1 aromatic rings. The fraction of sp³-hybridized carbons (Fsp3) is 0.611. The van der Waals surface area contributed by atoms with Crippen LogP contribution in [-0.2, 0) is 0 Å². The molecule has 0 saturated carbocycles. The molecule has 0 aromatic heterocycles. The van der Waals surface area contributed by atoms with Crippen LogP contribution in [0.25, 0.3) is 0 Å². The van der Waals surface area contributed by atoms with E-state index in [1.807, 2.05) is 43.0 Å². The molecule has 0 aliphatic heterocycles. The van der Waals surface area contributed by atoms with E-state index in [-0.39, 0.29) is 30.1 Å². The number of nitrogens with one attached hydrogen (secondary N) is 2. The monoisotopic (exact) mass is 481 g/mol. The smallest absolute Gasteiger partial charge is 0.191 e. The van der Waals surface area contributed by atoms with Crippen LogP contribution in [0, 0.1) is 0 Å². The van der Waals surface area contributed by atoms with Gasteiger partial charge in [0, 0.05) is 19.2 Å². The van der Waals surface area contributed by atoms with Gasteiger partial charge in [0.1, 0.15) is 17.6 Å². The van der Waals surface area contributed by atoms with Crippen LogP contribution < -0.4 is 20.1 Å². The van der Waals surface area contributed by atoms with Crippen molar-refractivity contribution in [3.63, 3.8) is 0 Å². The van der Waals surface area contributed by atoms with Crippen molar-refractivity contribution in [2.24, 2.45) is 4.99 Å². The molecule has 1 unspecified atom stereocenters. The van der Waals surface area contributed by atoms with E-state index in [2.05, 4.69) is 28.8 Å². The maximum atomic E-state index is 5.90. The minimum Gasteiger partial charge on any atom is -0.497 e. The quantitative estimate of drug-likeness (QED) is 0.218. The first-order valence-electron chi connectivity index (χ1n) is 8.51. The highest BCUT2D eigenvalue weighted by Gasteiger charge is 2.05. The Morgan fingerprint density at radius 1 is 1.24 bits per heavy atom.